The summed E-state index contributed by atoms with van der Waals surface area (Å²) >= 11 is 0. The number of allylic oxidation sites excluding steroid dienone is 1. The fourth-order valence-electron chi connectivity index (χ4n) is 1.81. The van der Waals surface area contributed by atoms with Crippen LogP contribution < -0.4 is 0 Å². The number of rotatable bonds is 4. The van der Waals surface area contributed by atoms with Crippen molar-refractivity contribution in [1.29, 1.82) is 0 Å². The smallest absolute Gasteiger partial charge is 0.335 e. The summed E-state index contributed by atoms with van der Waals surface area (Å²) in [5.74, 6) is -1.01. The Kier molecular flexibility index (Phi) is 4.18. The van der Waals surface area contributed by atoms with Gasteiger partial charge in [0.25, 0.3) is 0 Å². The van der Waals surface area contributed by atoms with Gasteiger partial charge in [-0.05, 0) is 54.5 Å². The first-order valence-corrected chi connectivity index (χ1v) is 6.33. The molecule has 0 atom stereocenters. The minimum atomic E-state index is -0.985. The Balaban J connectivity index is 2.14. The molecule has 0 saturated heterocycles. The van der Waals surface area contributed by atoms with Crippen molar-refractivity contribution >= 4 is 17.8 Å². The standard InChI is InChI=1S/C17H14O4/c1-11-10-14(7-9-15(11)18)16(19)8-4-12-2-5-13(6-3-12)17(20)21/h2-10,18H,1H3,(H,20,21)/b8-4+. The zero-order chi connectivity index (χ0) is 15.4. The van der Waals surface area contributed by atoms with Gasteiger partial charge in [-0.1, -0.05) is 18.2 Å². The Hall–Kier alpha value is -2.88. The van der Waals surface area contributed by atoms with Crippen LogP contribution in [0.2, 0.25) is 0 Å². The molecule has 0 bridgehead atoms. The largest absolute Gasteiger partial charge is 0.508 e. The monoisotopic (exact) mass is 282 g/mol. The molecule has 2 aromatic rings. The number of carboxylic acid groups (broad SMARTS) is 1. The first-order valence-electron chi connectivity index (χ1n) is 6.33. The third-order valence-corrected chi connectivity index (χ3v) is 3.07. The summed E-state index contributed by atoms with van der Waals surface area (Å²) in [6, 6.07) is 10.9. The molecular formula is C17H14O4. The molecule has 0 aliphatic carbocycles. The molecular weight excluding hydrogens is 268 g/mol. The maximum absolute atomic E-state index is 12.0. The average molecular weight is 282 g/mol. The van der Waals surface area contributed by atoms with Gasteiger partial charge in [0.15, 0.2) is 5.78 Å². The lowest BCUT2D eigenvalue weighted by atomic mass is 10.1. The summed E-state index contributed by atoms with van der Waals surface area (Å²) in [4.78, 5) is 22.7. The van der Waals surface area contributed by atoms with E-state index in [0.717, 1.165) is 5.56 Å². The lowest BCUT2D eigenvalue weighted by molar-refractivity contribution is 0.0696. The third-order valence-electron chi connectivity index (χ3n) is 3.07. The molecule has 0 radical (unpaired) electrons. The van der Waals surface area contributed by atoms with Crippen LogP contribution in [0, 0.1) is 6.92 Å². The second-order valence-electron chi connectivity index (χ2n) is 4.63. The summed E-state index contributed by atoms with van der Waals surface area (Å²) in [7, 11) is 0. The highest BCUT2D eigenvalue weighted by molar-refractivity contribution is 6.07. The number of ketones is 1. The minimum Gasteiger partial charge on any atom is -0.508 e. The van der Waals surface area contributed by atoms with E-state index in [1.165, 1.54) is 24.3 Å². The van der Waals surface area contributed by atoms with E-state index in [4.69, 9.17) is 5.11 Å². The van der Waals surface area contributed by atoms with Crippen LogP contribution in [-0.4, -0.2) is 22.0 Å². The number of aromatic hydroxyl groups is 1. The second kappa shape index (κ2) is 6.05. The Labute approximate surface area is 122 Å². The molecule has 0 amide bonds. The lowest BCUT2D eigenvalue weighted by Crippen LogP contribution is -1.96. The number of hydrogen-bond donors (Lipinski definition) is 2. The number of phenolic OH excluding ortho intramolecular Hbond substituents is 1. The van der Waals surface area contributed by atoms with Crippen molar-refractivity contribution < 1.29 is 19.8 Å². The van der Waals surface area contributed by atoms with E-state index in [1.54, 1.807) is 37.3 Å². The number of hydrogen-bond acceptors (Lipinski definition) is 3. The van der Waals surface area contributed by atoms with E-state index < -0.39 is 5.97 Å². The van der Waals surface area contributed by atoms with E-state index in [0.29, 0.717) is 11.1 Å². The van der Waals surface area contributed by atoms with Crippen molar-refractivity contribution in [1.82, 2.24) is 0 Å². The van der Waals surface area contributed by atoms with E-state index >= 15 is 0 Å². The highest BCUT2D eigenvalue weighted by Gasteiger charge is 2.05. The highest BCUT2D eigenvalue weighted by Crippen LogP contribution is 2.17. The lowest BCUT2D eigenvalue weighted by Gasteiger charge is -2.01. The highest BCUT2D eigenvalue weighted by atomic mass is 16.4. The molecule has 2 N–H and O–H groups in total. The first kappa shape index (κ1) is 14.5. The zero-order valence-corrected chi connectivity index (χ0v) is 11.4. The van der Waals surface area contributed by atoms with Crippen molar-refractivity contribution in [2.45, 2.75) is 6.92 Å². The van der Waals surface area contributed by atoms with Crippen LogP contribution in [0.3, 0.4) is 0 Å². The predicted molar refractivity (Wildman–Crippen MR) is 79.6 cm³/mol. The van der Waals surface area contributed by atoms with Gasteiger partial charge in [-0.15, -0.1) is 0 Å². The van der Waals surface area contributed by atoms with E-state index in [1.807, 2.05) is 0 Å². The van der Waals surface area contributed by atoms with Gasteiger partial charge in [0, 0.05) is 5.56 Å². The summed E-state index contributed by atoms with van der Waals surface area (Å²) in [6.45, 7) is 1.72. The van der Waals surface area contributed by atoms with Crippen molar-refractivity contribution in [3.63, 3.8) is 0 Å². The zero-order valence-electron chi connectivity index (χ0n) is 11.4. The molecule has 4 nitrogen and oxygen atoms in total. The van der Waals surface area contributed by atoms with Crippen molar-refractivity contribution in [2.75, 3.05) is 0 Å². The molecule has 106 valence electrons. The topological polar surface area (TPSA) is 74.6 Å². The SMILES string of the molecule is Cc1cc(C(=O)/C=C/c2ccc(C(=O)O)cc2)ccc1O. The van der Waals surface area contributed by atoms with Gasteiger partial charge in [-0.2, -0.15) is 0 Å². The van der Waals surface area contributed by atoms with Gasteiger partial charge in [0.05, 0.1) is 5.56 Å². The Bertz CT molecular complexity index is 712. The van der Waals surface area contributed by atoms with Gasteiger partial charge in [-0.3, -0.25) is 4.79 Å². The summed E-state index contributed by atoms with van der Waals surface area (Å²) in [6.07, 6.45) is 3.04. The normalized spacial score (nSPS) is 10.7. The van der Waals surface area contributed by atoms with Gasteiger partial charge in [0.1, 0.15) is 5.75 Å². The maximum atomic E-state index is 12.0. The predicted octanol–water partition coefficient (Wildman–Crippen LogP) is 3.29. The summed E-state index contributed by atoms with van der Waals surface area (Å²) < 4.78 is 0. The van der Waals surface area contributed by atoms with Crippen LogP contribution in [0.5, 0.6) is 5.75 Å². The number of benzene rings is 2. The molecule has 0 aromatic heterocycles. The number of carboxylic acids is 1. The average Bonchev–Trinajstić information content (AvgIpc) is 2.48. The van der Waals surface area contributed by atoms with Gasteiger partial charge in [-0.25, -0.2) is 4.79 Å². The van der Waals surface area contributed by atoms with Crippen LogP contribution in [-0.2, 0) is 0 Å². The van der Waals surface area contributed by atoms with Crippen molar-refractivity contribution in [3.05, 3.63) is 70.8 Å². The molecule has 0 heterocycles. The van der Waals surface area contributed by atoms with Gasteiger partial charge in [0.2, 0.25) is 0 Å². The molecule has 0 saturated carbocycles. The van der Waals surface area contributed by atoms with Crippen molar-refractivity contribution in [3.8, 4) is 5.75 Å². The molecule has 0 aliphatic rings. The molecule has 0 unspecified atom stereocenters. The van der Waals surface area contributed by atoms with Crippen LogP contribution in [0.1, 0.15) is 31.8 Å². The van der Waals surface area contributed by atoms with E-state index in [2.05, 4.69) is 0 Å². The van der Waals surface area contributed by atoms with Crippen LogP contribution in [0.25, 0.3) is 6.08 Å². The fourth-order valence-corrected chi connectivity index (χ4v) is 1.81. The van der Waals surface area contributed by atoms with Crippen molar-refractivity contribution in [2.24, 2.45) is 0 Å². The van der Waals surface area contributed by atoms with E-state index in [9.17, 15) is 14.7 Å². The second-order valence-corrected chi connectivity index (χ2v) is 4.63. The summed E-state index contributed by atoms with van der Waals surface area (Å²) in [5.41, 5.74) is 2.07. The summed E-state index contributed by atoms with van der Waals surface area (Å²) in [5, 5.41) is 18.2. The molecule has 0 spiro atoms. The Morgan fingerprint density at radius 3 is 2.19 bits per heavy atom. The number of carbonyl (C=O) groups is 2. The molecule has 21 heavy (non-hydrogen) atoms. The Morgan fingerprint density at radius 1 is 1.00 bits per heavy atom. The molecule has 2 rings (SSSR count). The van der Waals surface area contributed by atoms with Gasteiger partial charge < -0.3 is 10.2 Å². The quantitative estimate of drug-likeness (QED) is 0.666. The van der Waals surface area contributed by atoms with Crippen LogP contribution in [0.15, 0.2) is 48.5 Å². The number of carbonyl (C=O) groups excluding carboxylic acids is 1. The third kappa shape index (κ3) is 3.57. The van der Waals surface area contributed by atoms with Crippen LogP contribution in [0.4, 0.5) is 0 Å². The van der Waals surface area contributed by atoms with Gasteiger partial charge >= 0.3 is 5.97 Å². The number of aryl methyl sites for hydroxylation is 1. The maximum Gasteiger partial charge on any atom is 0.335 e. The first-order chi connectivity index (χ1) is 9.97. The molecule has 2 aromatic carbocycles. The minimum absolute atomic E-state index is 0.153. The number of aromatic carboxylic acids is 1. The fraction of sp³-hybridized carbons (Fsp3) is 0.0588. The van der Waals surface area contributed by atoms with E-state index in [-0.39, 0.29) is 17.1 Å². The molecule has 0 fully saturated rings. The number of phenols is 1. The molecule has 4 heteroatoms. The molecule has 0 aliphatic heterocycles. The Morgan fingerprint density at radius 2 is 1.62 bits per heavy atom. The van der Waals surface area contributed by atoms with Crippen LogP contribution >= 0.6 is 0 Å².